The van der Waals surface area contributed by atoms with Crippen molar-refractivity contribution in [2.24, 2.45) is 0 Å². The molecule has 0 aliphatic rings. The fourth-order valence-electron chi connectivity index (χ4n) is 3.38. The number of hydrogen-bond donors (Lipinski definition) is 5. The van der Waals surface area contributed by atoms with Crippen molar-refractivity contribution in [3.8, 4) is 0 Å². The highest BCUT2D eigenvalue weighted by Crippen LogP contribution is 2.26. The van der Waals surface area contributed by atoms with E-state index in [0.717, 1.165) is 0 Å². The number of ether oxygens (including phenoxy) is 2. The predicted octanol–water partition coefficient (Wildman–Crippen LogP) is 0.486. The Hall–Kier alpha value is -3.36. The van der Waals surface area contributed by atoms with E-state index in [-0.39, 0.29) is 22.3 Å². The number of aromatic nitrogens is 4. The Morgan fingerprint density at radius 1 is 1.20 bits per heavy atom. The Morgan fingerprint density at radius 2 is 1.86 bits per heavy atom. The van der Waals surface area contributed by atoms with Crippen molar-refractivity contribution in [1.29, 1.82) is 0 Å². The lowest BCUT2D eigenvalue weighted by Crippen LogP contribution is -2.52. The van der Waals surface area contributed by atoms with E-state index in [9.17, 15) is 30.0 Å². The molecule has 0 spiro atoms. The molecule has 2 heterocycles. The number of hydrogen-bond acceptors (Lipinski definition) is 10. The number of halogens is 1. The van der Waals surface area contributed by atoms with E-state index in [1.807, 2.05) is 0 Å². The maximum atomic E-state index is 12.0. The summed E-state index contributed by atoms with van der Waals surface area (Å²) in [6.07, 6.45) is -2.84. The molecule has 0 unspecified atom stereocenters. The second-order valence-electron chi connectivity index (χ2n) is 7.68. The van der Waals surface area contributed by atoms with Crippen molar-refractivity contribution in [3.05, 3.63) is 47.5 Å². The van der Waals surface area contributed by atoms with E-state index in [1.165, 1.54) is 17.8 Å². The van der Waals surface area contributed by atoms with Crippen LogP contribution in [0.4, 0.5) is 5.82 Å². The topological polar surface area (TPSA) is 203 Å². The zero-order valence-corrected chi connectivity index (χ0v) is 19.2. The molecule has 13 nitrogen and oxygen atoms in total. The van der Waals surface area contributed by atoms with Gasteiger partial charge in [0.2, 0.25) is 5.28 Å². The highest BCUT2D eigenvalue weighted by Gasteiger charge is 2.49. The molecule has 3 rings (SSSR count). The molecule has 0 saturated carbocycles. The Balaban J connectivity index is 1.85. The van der Waals surface area contributed by atoms with Crippen molar-refractivity contribution in [3.63, 3.8) is 0 Å². The molecule has 0 amide bonds. The SMILES string of the molecule is C[C@@H](O)[C@@H](O[C@@H](CO)COC(Cc1ccccc1)(C(=O)O)C(=O)O)n1cnc2c(N)nc(Cl)nc21. The van der Waals surface area contributed by atoms with Crippen LogP contribution in [0.1, 0.15) is 18.7 Å². The summed E-state index contributed by atoms with van der Waals surface area (Å²) < 4.78 is 12.4. The number of aliphatic hydroxyl groups is 2. The van der Waals surface area contributed by atoms with Crippen LogP contribution in [-0.2, 0) is 25.5 Å². The molecule has 0 bridgehead atoms. The third-order valence-corrected chi connectivity index (χ3v) is 5.31. The summed E-state index contributed by atoms with van der Waals surface area (Å²) in [5.41, 5.74) is 3.91. The average Bonchev–Trinajstić information content (AvgIpc) is 3.22. The number of aliphatic carboxylic acids is 2. The van der Waals surface area contributed by atoms with Gasteiger partial charge in [-0.1, -0.05) is 30.3 Å². The average molecular weight is 510 g/mol. The fraction of sp³-hybridized carbons (Fsp3) is 0.381. The minimum atomic E-state index is -2.64. The van der Waals surface area contributed by atoms with E-state index in [2.05, 4.69) is 15.0 Å². The summed E-state index contributed by atoms with van der Waals surface area (Å²) >= 11 is 5.88. The molecule has 3 aromatic rings. The third kappa shape index (κ3) is 5.66. The van der Waals surface area contributed by atoms with Gasteiger partial charge in [-0.3, -0.25) is 4.57 Å². The van der Waals surface area contributed by atoms with E-state index in [4.69, 9.17) is 26.8 Å². The van der Waals surface area contributed by atoms with Gasteiger partial charge < -0.3 is 35.6 Å². The number of aliphatic hydroxyl groups excluding tert-OH is 2. The number of imidazole rings is 1. The maximum Gasteiger partial charge on any atom is 0.348 e. The summed E-state index contributed by atoms with van der Waals surface area (Å²) in [5.74, 6) is -3.45. The summed E-state index contributed by atoms with van der Waals surface area (Å²) in [5, 5.41) is 39.5. The van der Waals surface area contributed by atoms with Gasteiger partial charge in [-0.2, -0.15) is 9.97 Å². The molecule has 2 aromatic heterocycles. The van der Waals surface area contributed by atoms with Crippen LogP contribution in [0.5, 0.6) is 0 Å². The van der Waals surface area contributed by atoms with E-state index in [0.29, 0.717) is 5.56 Å². The number of anilines is 1. The first kappa shape index (κ1) is 26.2. The lowest BCUT2D eigenvalue weighted by atomic mass is 9.94. The molecule has 1 aromatic carbocycles. The van der Waals surface area contributed by atoms with Gasteiger partial charge >= 0.3 is 11.9 Å². The van der Waals surface area contributed by atoms with Gasteiger partial charge in [0.05, 0.1) is 25.6 Å². The van der Waals surface area contributed by atoms with Gasteiger partial charge in [0.25, 0.3) is 5.60 Å². The van der Waals surface area contributed by atoms with Crippen LogP contribution in [0, 0.1) is 0 Å². The van der Waals surface area contributed by atoms with Gasteiger partial charge in [0.15, 0.2) is 17.7 Å². The highest BCUT2D eigenvalue weighted by molar-refractivity contribution is 6.28. The zero-order valence-electron chi connectivity index (χ0n) is 18.5. The van der Waals surface area contributed by atoms with E-state index in [1.54, 1.807) is 30.3 Å². The molecular weight excluding hydrogens is 486 g/mol. The summed E-state index contributed by atoms with van der Waals surface area (Å²) in [7, 11) is 0. The third-order valence-electron chi connectivity index (χ3n) is 5.15. The molecular formula is C21H24ClN5O8. The number of carbonyl (C=O) groups is 2. The molecule has 0 radical (unpaired) electrons. The predicted molar refractivity (Wildman–Crippen MR) is 122 cm³/mol. The minimum absolute atomic E-state index is 0.00116. The Labute approximate surface area is 203 Å². The number of nitrogen functional groups attached to an aromatic ring is 1. The first-order valence-corrected chi connectivity index (χ1v) is 10.7. The molecule has 0 saturated heterocycles. The van der Waals surface area contributed by atoms with Crippen molar-refractivity contribution >= 4 is 40.5 Å². The van der Waals surface area contributed by atoms with Crippen LogP contribution in [-0.4, -0.2) is 82.9 Å². The highest BCUT2D eigenvalue weighted by atomic mass is 35.5. The van der Waals surface area contributed by atoms with Gasteiger partial charge in [-0.05, 0) is 24.1 Å². The summed E-state index contributed by atoms with van der Waals surface area (Å²) in [4.78, 5) is 35.9. The number of carboxylic acids is 2. The second-order valence-corrected chi connectivity index (χ2v) is 8.02. The Bertz CT molecular complexity index is 1180. The standard InChI is InChI=1S/C21H24ClN5O8/c1-11(29)17(27-10-24-14-15(23)25-20(22)26-16(14)27)35-13(8-28)9-34-21(18(30)31,19(32)33)7-12-5-3-2-4-6-12/h2-6,10-11,13,17,28-29H,7-9H2,1H3,(H,30,31)(H,32,33)(H2,23,25,26)/t11-,13+,17-/m1/s1. The molecule has 0 aliphatic carbocycles. The second kappa shape index (κ2) is 10.9. The monoisotopic (exact) mass is 509 g/mol. The quantitative estimate of drug-likeness (QED) is 0.167. The fourth-order valence-corrected chi connectivity index (χ4v) is 3.55. The smallest absolute Gasteiger partial charge is 0.348 e. The maximum absolute atomic E-state index is 12.0. The Morgan fingerprint density at radius 3 is 2.43 bits per heavy atom. The van der Waals surface area contributed by atoms with Gasteiger partial charge in [-0.25, -0.2) is 14.6 Å². The normalized spacial score (nSPS) is 14.5. The lowest BCUT2D eigenvalue weighted by molar-refractivity contribution is -0.196. The van der Waals surface area contributed by atoms with E-state index >= 15 is 0 Å². The molecule has 0 aliphatic heterocycles. The molecule has 14 heteroatoms. The van der Waals surface area contributed by atoms with Crippen LogP contribution in [0.25, 0.3) is 11.2 Å². The van der Waals surface area contributed by atoms with Crippen LogP contribution < -0.4 is 5.73 Å². The van der Waals surface area contributed by atoms with Crippen molar-refractivity contribution in [2.45, 2.75) is 37.4 Å². The molecule has 6 N–H and O–H groups in total. The van der Waals surface area contributed by atoms with Gasteiger partial charge in [-0.15, -0.1) is 0 Å². The molecule has 188 valence electrons. The molecule has 3 atom stereocenters. The first-order valence-electron chi connectivity index (χ1n) is 10.3. The molecule has 35 heavy (non-hydrogen) atoms. The number of benzene rings is 1. The van der Waals surface area contributed by atoms with E-state index < -0.39 is 55.6 Å². The van der Waals surface area contributed by atoms with Crippen LogP contribution in [0.3, 0.4) is 0 Å². The minimum Gasteiger partial charge on any atom is -0.479 e. The van der Waals surface area contributed by atoms with Crippen molar-refractivity contribution < 1.29 is 39.5 Å². The first-order chi connectivity index (χ1) is 16.6. The number of fused-ring (bicyclic) bond motifs is 1. The van der Waals surface area contributed by atoms with Gasteiger partial charge in [0.1, 0.15) is 11.6 Å². The largest absolute Gasteiger partial charge is 0.479 e. The number of rotatable bonds is 12. The summed E-state index contributed by atoms with van der Waals surface area (Å²) in [6, 6.07) is 8.10. The number of nitrogens with zero attached hydrogens (tertiary/aromatic N) is 4. The van der Waals surface area contributed by atoms with Crippen LogP contribution in [0.2, 0.25) is 5.28 Å². The summed E-state index contributed by atoms with van der Waals surface area (Å²) in [6.45, 7) is 0.0796. The molecule has 0 fully saturated rings. The lowest BCUT2D eigenvalue weighted by Gasteiger charge is -2.30. The van der Waals surface area contributed by atoms with Crippen LogP contribution in [0.15, 0.2) is 36.7 Å². The Kier molecular flexibility index (Phi) is 8.19. The zero-order chi connectivity index (χ0) is 25.8. The number of carboxylic acid groups (broad SMARTS) is 2. The van der Waals surface area contributed by atoms with Crippen LogP contribution >= 0.6 is 11.6 Å². The van der Waals surface area contributed by atoms with Crippen molar-refractivity contribution in [2.75, 3.05) is 18.9 Å². The van der Waals surface area contributed by atoms with Gasteiger partial charge in [0, 0.05) is 6.42 Å². The number of nitrogens with two attached hydrogens (primary N) is 1. The van der Waals surface area contributed by atoms with Crippen molar-refractivity contribution in [1.82, 2.24) is 19.5 Å².